The van der Waals surface area contributed by atoms with Gasteiger partial charge in [0.1, 0.15) is 0 Å². The minimum absolute atomic E-state index is 0.0646. The van der Waals surface area contributed by atoms with Crippen molar-refractivity contribution in [3.05, 3.63) is 53.1 Å². The molecule has 0 aliphatic rings. The molecule has 0 unspecified atom stereocenters. The second-order valence-corrected chi connectivity index (χ2v) is 7.45. The number of carbonyl (C=O) groups excluding carboxylic acids is 1. The lowest BCUT2D eigenvalue weighted by molar-refractivity contribution is -0.129. The average molecular weight is 380 g/mol. The summed E-state index contributed by atoms with van der Waals surface area (Å²) < 4.78 is 10.5. The van der Waals surface area contributed by atoms with E-state index in [0.717, 1.165) is 10.5 Å². The number of thioether (sulfide) groups is 1. The van der Waals surface area contributed by atoms with Crippen molar-refractivity contribution in [1.82, 2.24) is 4.90 Å². The van der Waals surface area contributed by atoms with Crippen LogP contribution in [0.15, 0.2) is 47.4 Å². The van der Waals surface area contributed by atoms with Gasteiger partial charge in [-0.05, 0) is 42.8 Å². The molecule has 1 amide bonds. The summed E-state index contributed by atoms with van der Waals surface area (Å²) in [6.45, 7) is 2.45. The minimum atomic E-state index is -0.213. The topological polar surface area (TPSA) is 38.8 Å². The van der Waals surface area contributed by atoms with Crippen molar-refractivity contribution < 1.29 is 14.3 Å². The molecular formula is C19H22ClNO3S. The lowest BCUT2D eigenvalue weighted by Gasteiger charge is -2.21. The Kier molecular flexibility index (Phi) is 7.02. The van der Waals surface area contributed by atoms with Crippen LogP contribution >= 0.6 is 23.4 Å². The first-order valence-corrected chi connectivity index (χ1v) is 9.08. The van der Waals surface area contributed by atoms with E-state index in [-0.39, 0.29) is 11.2 Å². The molecule has 2 rings (SSSR count). The fraction of sp³-hybridized carbons (Fsp3) is 0.316. The summed E-state index contributed by atoms with van der Waals surface area (Å²) in [6.07, 6.45) is 0. The maximum atomic E-state index is 12.6. The first-order chi connectivity index (χ1) is 11.9. The Morgan fingerprint density at radius 2 is 1.76 bits per heavy atom. The molecule has 0 saturated carbocycles. The molecule has 0 spiro atoms. The number of methoxy groups -OCH3 is 2. The SMILES string of the molecule is COc1ccc(S[C@@H](C)C(=O)N(C)Cc2ccc(Cl)cc2)cc1OC. The van der Waals surface area contributed by atoms with Gasteiger partial charge in [0.2, 0.25) is 5.91 Å². The van der Waals surface area contributed by atoms with Gasteiger partial charge in [0.15, 0.2) is 11.5 Å². The van der Waals surface area contributed by atoms with E-state index < -0.39 is 0 Å². The van der Waals surface area contributed by atoms with Gasteiger partial charge < -0.3 is 14.4 Å². The van der Waals surface area contributed by atoms with Crippen LogP contribution in [0.25, 0.3) is 0 Å². The molecule has 2 aromatic carbocycles. The number of hydrogen-bond acceptors (Lipinski definition) is 4. The van der Waals surface area contributed by atoms with Crippen LogP contribution in [0.5, 0.6) is 11.5 Å². The highest BCUT2D eigenvalue weighted by Gasteiger charge is 2.19. The van der Waals surface area contributed by atoms with Crippen molar-refractivity contribution >= 4 is 29.3 Å². The first kappa shape index (κ1) is 19.5. The fourth-order valence-electron chi connectivity index (χ4n) is 2.40. The van der Waals surface area contributed by atoms with Crippen LogP contribution in [0.2, 0.25) is 5.02 Å². The van der Waals surface area contributed by atoms with E-state index in [9.17, 15) is 4.79 Å². The number of benzene rings is 2. The zero-order valence-corrected chi connectivity index (χ0v) is 16.4. The monoisotopic (exact) mass is 379 g/mol. The molecule has 4 nitrogen and oxygen atoms in total. The van der Waals surface area contributed by atoms with E-state index >= 15 is 0 Å². The summed E-state index contributed by atoms with van der Waals surface area (Å²) >= 11 is 7.39. The predicted molar refractivity (Wildman–Crippen MR) is 103 cm³/mol. The molecule has 0 aliphatic heterocycles. The van der Waals surface area contributed by atoms with Gasteiger partial charge in [-0.15, -0.1) is 11.8 Å². The van der Waals surface area contributed by atoms with Crippen LogP contribution in [0.3, 0.4) is 0 Å². The summed E-state index contributed by atoms with van der Waals surface area (Å²) in [4.78, 5) is 15.3. The fourth-order valence-corrected chi connectivity index (χ4v) is 3.53. The smallest absolute Gasteiger partial charge is 0.235 e. The van der Waals surface area contributed by atoms with Crippen molar-refractivity contribution in [1.29, 1.82) is 0 Å². The molecule has 0 fully saturated rings. The van der Waals surface area contributed by atoms with Gasteiger partial charge in [-0.2, -0.15) is 0 Å². The largest absolute Gasteiger partial charge is 0.493 e. The van der Waals surface area contributed by atoms with E-state index in [0.29, 0.717) is 23.1 Å². The Labute approximate surface area is 158 Å². The van der Waals surface area contributed by atoms with Crippen LogP contribution in [0.4, 0.5) is 0 Å². The molecule has 0 aromatic heterocycles. The first-order valence-electron chi connectivity index (χ1n) is 7.82. The number of ether oxygens (including phenoxy) is 2. The van der Waals surface area contributed by atoms with Gasteiger partial charge in [0.05, 0.1) is 19.5 Å². The Morgan fingerprint density at radius 1 is 1.12 bits per heavy atom. The molecule has 1 atom stereocenters. The maximum absolute atomic E-state index is 12.6. The summed E-state index contributed by atoms with van der Waals surface area (Å²) in [7, 11) is 5.01. The van der Waals surface area contributed by atoms with E-state index in [1.807, 2.05) is 56.4 Å². The molecule has 0 heterocycles. The summed E-state index contributed by atoms with van der Waals surface area (Å²) in [5.74, 6) is 1.39. The molecule has 0 N–H and O–H groups in total. The Morgan fingerprint density at radius 3 is 2.36 bits per heavy atom. The lowest BCUT2D eigenvalue weighted by atomic mass is 10.2. The number of nitrogens with zero attached hydrogens (tertiary/aromatic N) is 1. The van der Waals surface area contributed by atoms with Crippen LogP contribution in [0, 0.1) is 0 Å². The van der Waals surface area contributed by atoms with Gasteiger partial charge in [-0.25, -0.2) is 0 Å². The van der Waals surface area contributed by atoms with E-state index in [4.69, 9.17) is 21.1 Å². The molecule has 0 bridgehead atoms. The van der Waals surface area contributed by atoms with E-state index in [1.165, 1.54) is 11.8 Å². The summed E-state index contributed by atoms with van der Waals surface area (Å²) in [5, 5.41) is 0.477. The molecule has 0 radical (unpaired) electrons. The van der Waals surface area contributed by atoms with Gasteiger partial charge in [-0.1, -0.05) is 23.7 Å². The molecule has 6 heteroatoms. The third-order valence-corrected chi connectivity index (χ3v) is 5.06. The maximum Gasteiger partial charge on any atom is 0.235 e. The van der Waals surface area contributed by atoms with Crippen molar-refractivity contribution in [3.8, 4) is 11.5 Å². The number of rotatable bonds is 7. The van der Waals surface area contributed by atoms with Gasteiger partial charge >= 0.3 is 0 Å². The molecule has 0 saturated heterocycles. The molecule has 2 aromatic rings. The lowest BCUT2D eigenvalue weighted by Crippen LogP contribution is -2.32. The standard InChI is InChI=1S/C19H22ClNO3S/c1-13(25-16-9-10-17(23-3)18(11-16)24-4)19(22)21(2)12-14-5-7-15(20)8-6-14/h5-11,13H,12H2,1-4H3/t13-/m0/s1. The van der Waals surface area contributed by atoms with Crippen molar-refractivity contribution in [2.75, 3.05) is 21.3 Å². The zero-order valence-electron chi connectivity index (χ0n) is 14.8. The van der Waals surface area contributed by atoms with Crippen LogP contribution < -0.4 is 9.47 Å². The molecule has 25 heavy (non-hydrogen) atoms. The Bertz CT molecular complexity index is 721. The Hall–Kier alpha value is -1.85. The highest BCUT2D eigenvalue weighted by molar-refractivity contribution is 8.00. The van der Waals surface area contributed by atoms with Crippen LogP contribution in [0.1, 0.15) is 12.5 Å². The molecule has 134 valence electrons. The van der Waals surface area contributed by atoms with Gasteiger partial charge in [0, 0.05) is 23.5 Å². The third kappa shape index (κ3) is 5.31. The van der Waals surface area contributed by atoms with Crippen molar-refractivity contribution in [2.24, 2.45) is 0 Å². The third-order valence-electron chi connectivity index (χ3n) is 3.72. The second-order valence-electron chi connectivity index (χ2n) is 5.60. The number of carbonyl (C=O) groups is 1. The highest BCUT2D eigenvalue weighted by atomic mass is 35.5. The molecule has 0 aliphatic carbocycles. The van der Waals surface area contributed by atoms with Crippen LogP contribution in [-0.2, 0) is 11.3 Å². The van der Waals surface area contributed by atoms with Gasteiger partial charge in [-0.3, -0.25) is 4.79 Å². The normalized spacial score (nSPS) is 11.7. The van der Waals surface area contributed by atoms with Crippen LogP contribution in [-0.4, -0.2) is 37.3 Å². The van der Waals surface area contributed by atoms with E-state index in [1.54, 1.807) is 19.1 Å². The zero-order chi connectivity index (χ0) is 18.4. The summed E-state index contributed by atoms with van der Waals surface area (Å²) in [6, 6.07) is 13.2. The number of halogens is 1. The highest BCUT2D eigenvalue weighted by Crippen LogP contribution is 2.33. The Balaban J connectivity index is 2.00. The average Bonchev–Trinajstić information content (AvgIpc) is 2.62. The quantitative estimate of drug-likeness (QED) is 0.664. The van der Waals surface area contributed by atoms with E-state index in [2.05, 4.69) is 0 Å². The minimum Gasteiger partial charge on any atom is -0.493 e. The van der Waals surface area contributed by atoms with Gasteiger partial charge in [0.25, 0.3) is 0 Å². The number of hydrogen-bond donors (Lipinski definition) is 0. The number of amides is 1. The molecular weight excluding hydrogens is 358 g/mol. The summed E-state index contributed by atoms with van der Waals surface area (Å²) in [5.41, 5.74) is 1.04. The van der Waals surface area contributed by atoms with Crippen molar-refractivity contribution in [2.45, 2.75) is 23.6 Å². The predicted octanol–water partition coefficient (Wildman–Crippen LogP) is 4.50. The second kappa shape index (κ2) is 9.02. The van der Waals surface area contributed by atoms with Crippen molar-refractivity contribution in [3.63, 3.8) is 0 Å².